The van der Waals surface area contributed by atoms with E-state index in [9.17, 15) is 4.79 Å². The largest absolute Gasteiger partial charge is 1.00 e. The van der Waals surface area contributed by atoms with Crippen molar-refractivity contribution in [2.45, 2.75) is 6.54 Å². The second-order valence-electron chi connectivity index (χ2n) is 3.19. The molecule has 3 rings (SSSR count). The fourth-order valence-corrected chi connectivity index (χ4v) is 1.63. The molecule has 4 nitrogen and oxygen atoms in total. The molecule has 0 N–H and O–H groups in total. The van der Waals surface area contributed by atoms with Crippen molar-refractivity contribution in [3.05, 3.63) is 47.2 Å². The van der Waals surface area contributed by atoms with Gasteiger partial charge in [-0.2, -0.15) is 0 Å². The van der Waals surface area contributed by atoms with Crippen molar-refractivity contribution in [3.8, 4) is 0 Å². The molecular weight excluding hydrogens is 203 g/mol. The van der Waals surface area contributed by atoms with E-state index in [2.05, 4.69) is 5.32 Å². The minimum atomic E-state index is -0.247. The maximum absolute atomic E-state index is 11.6. The second kappa shape index (κ2) is 3.89. The quantitative estimate of drug-likeness (QED) is 0.539. The van der Waals surface area contributed by atoms with Crippen LogP contribution in [0.15, 0.2) is 35.1 Å². The molecule has 0 fully saturated rings. The first-order valence-electron chi connectivity index (χ1n) is 4.32. The van der Waals surface area contributed by atoms with Crippen LogP contribution in [0.5, 0.6) is 0 Å². The minimum absolute atomic E-state index is 0. The van der Waals surface area contributed by atoms with Crippen LogP contribution >= 0.6 is 0 Å². The van der Waals surface area contributed by atoms with Crippen LogP contribution in [0.4, 0.5) is 5.88 Å². The van der Waals surface area contributed by atoms with Gasteiger partial charge in [-0.15, -0.1) is 0 Å². The van der Waals surface area contributed by atoms with Gasteiger partial charge in [0.05, 0.1) is 12.0 Å². The number of hydrogen-bond donors (Lipinski definition) is 0. The van der Waals surface area contributed by atoms with Crippen molar-refractivity contribution in [1.29, 1.82) is 0 Å². The summed E-state index contributed by atoms with van der Waals surface area (Å²) in [5.41, 5.74) is 1.55. The van der Waals surface area contributed by atoms with Gasteiger partial charge >= 0.3 is 29.6 Å². The van der Waals surface area contributed by atoms with Crippen molar-refractivity contribution in [1.82, 2.24) is 4.57 Å². The summed E-state index contributed by atoms with van der Waals surface area (Å²) in [6.07, 6.45) is 3.42. The summed E-state index contributed by atoms with van der Waals surface area (Å²) in [4.78, 5) is 11.6. The monoisotopic (exact) mass is 210 g/mol. The number of carbonyl (C=O) groups is 1. The first-order chi connectivity index (χ1) is 6.84. The predicted octanol–water partition coefficient (Wildman–Crippen LogP) is -0.708. The Balaban J connectivity index is 0.000000853. The topological polar surface area (TPSA) is 49.2 Å². The molecule has 2 aromatic heterocycles. The summed E-state index contributed by atoms with van der Waals surface area (Å²) >= 11 is 0. The summed E-state index contributed by atoms with van der Waals surface area (Å²) < 4.78 is 6.97. The fourth-order valence-electron chi connectivity index (χ4n) is 1.63. The molecule has 0 radical (unpaired) electrons. The Labute approximate surface area is 109 Å². The summed E-state index contributed by atoms with van der Waals surface area (Å²) in [5.74, 6) is 0.183. The van der Waals surface area contributed by atoms with Crippen LogP contribution < -0.4 is 29.6 Å². The van der Waals surface area contributed by atoms with E-state index < -0.39 is 0 Å². The standard InChI is InChI=1S/C10H8N2O2.Na/c13-9-8-2-1-4-12(8)6-7-3-5-14-10(7)11-9;/h1-5H,6H2,(H,11,13);/q;+1/p-1. The Hall–Kier alpha value is -0.970. The molecule has 5 heteroatoms. The SMILES string of the molecule is O=C1[N-]c2occc2Cn2cccc21.[Na+]. The maximum atomic E-state index is 11.6. The van der Waals surface area contributed by atoms with E-state index in [1.165, 1.54) is 0 Å². The molecule has 1 aliphatic heterocycles. The van der Waals surface area contributed by atoms with E-state index in [0.29, 0.717) is 18.1 Å². The average molecular weight is 210 g/mol. The summed E-state index contributed by atoms with van der Waals surface area (Å²) in [6, 6.07) is 5.44. The fraction of sp³-hybridized carbons (Fsp3) is 0.100. The average Bonchev–Trinajstić information content (AvgIpc) is 2.75. The molecule has 0 aromatic carbocycles. The molecule has 70 valence electrons. The van der Waals surface area contributed by atoms with Crippen molar-refractivity contribution in [3.63, 3.8) is 0 Å². The van der Waals surface area contributed by atoms with E-state index in [-0.39, 0.29) is 35.5 Å². The molecule has 0 spiro atoms. The number of rotatable bonds is 0. The maximum Gasteiger partial charge on any atom is 1.00 e. The Morgan fingerprint density at radius 3 is 3.13 bits per heavy atom. The second-order valence-corrected chi connectivity index (χ2v) is 3.19. The number of hydrogen-bond acceptors (Lipinski definition) is 2. The molecular formula is C10H7N2NaO2. The summed E-state index contributed by atoms with van der Waals surface area (Å²) in [5, 5.41) is 3.89. The number of nitrogens with zero attached hydrogens (tertiary/aromatic N) is 2. The van der Waals surface area contributed by atoms with E-state index in [0.717, 1.165) is 5.56 Å². The van der Waals surface area contributed by atoms with Crippen LogP contribution in [0, 0.1) is 0 Å². The Morgan fingerprint density at radius 1 is 1.40 bits per heavy atom. The van der Waals surface area contributed by atoms with Crippen LogP contribution in [0.3, 0.4) is 0 Å². The molecule has 0 saturated heterocycles. The number of furan rings is 1. The Bertz CT molecular complexity index is 501. The predicted molar refractivity (Wildman–Crippen MR) is 49.6 cm³/mol. The van der Waals surface area contributed by atoms with Gasteiger partial charge in [-0.1, -0.05) is 0 Å². The van der Waals surface area contributed by atoms with Crippen molar-refractivity contribution in [2.24, 2.45) is 0 Å². The number of amides is 1. The molecule has 2 aromatic rings. The van der Waals surface area contributed by atoms with Crippen molar-refractivity contribution < 1.29 is 38.8 Å². The molecule has 0 atom stereocenters. The first kappa shape index (κ1) is 10.5. The van der Waals surface area contributed by atoms with Crippen LogP contribution in [0.2, 0.25) is 0 Å². The molecule has 3 heterocycles. The molecule has 0 unspecified atom stereocenters. The van der Waals surface area contributed by atoms with Crippen LogP contribution in [0.25, 0.3) is 5.32 Å². The molecule has 1 amide bonds. The van der Waals surface area contributed by atoms with Gasteiger partial charge in [-0.3, -0.25) is 0 Å². The van der Waals surface area contributed by atoms with Crippen LogP contribution in [-0.4, -0.2) is 10.5 Å². The smallest absolute Gasteiger partial charge is 0.590 e. The minimum Gasteiger partial charge on any atom is -0.590 e. The van der Waals surface area contributed by atoms with Gasteiger partial charge < -0.3 is 19.1 Å². The van der Waals surface area contributed by atoms with Gasteiger partial charge in [0.25, 0.3) is 0 Å². The van der Waals surface area contributed by atoms with Crippen molar-refractivity contribution >= 4 is 11.8 Å². The molecule has 1 aliphatic rings. The van der Waals surface area contributed by atoms with E-state index in [1.54, 1.807) is 12.3 Å². The van der Waals surface area contributed by atoms with Gasteiger partial charge in [0.2, 0.25) is 0 Å². The van der Waals surface area contributed by atoms with Gasteiger partial charge in [0, 0.05) is 18.6 Å². The van der Waals surface area contributed by atoms with E-state index in [1.807, 2.05) is 22.9 Å². The number of aromatic nitrogens is 1. The normalized spacial score (nSPS) is 13.2. The molecule has 0 saturated carbocycles. The van der Waals surface area contributed by atoms with E-state index in [4.69, 9.17) is 4.42 Å². The summed E-state index contributed by atoms with van der Waals surface area (Å²) in [7, 11) is 0. The molecule has 0 aliphatic carbocycles. The van der Waals surface area contributed by atoms with Crippen LogP contribution in [-0.2, 0) is 6.54 Å². The van der Waals surface area contributed by atoms with Crippen LogP contribution in [0.1, 0.15) is 16.1 Å². The van der Waals surface area contributed by atoms with Gasteiger partial charge in [-0.25, -0.2) is 0 Å². The Kier molecular flexibility index (Phi) is 2.73. The zero-order valence-electron chi connectivity index (χ0n) is 8.30. The van der Waals surface area contributed by atoms with E-state index >= 15 is 0 Å². The Morgan fingerprint density at radius 2 is 2.27 bits per heavy atom. The van der Waals surface area contributed by atoms with Gasteiger partial charge in [-0.05, 0) is 23.8 Å². The first-order valence-corrected chi connectivity index (χ1v) is 4.32. The molecule has 15 heavy (non-hydrogen) atoms. The molecule has 0 bridgehead atoms. The number of fused-ring (bicyclic) bond motifs is 2. The summed E-state index contributed by atoms with van der Waals surface area (Å²) in [6.45, 7) is 0.642. The van der Waals surface area contributed by atoms with Gasteiger partial charge in [0.1, 0.15) is 5.91 Å². The number of carbonyl (C=O) groups excluding carboxylic acids is 1. The third-order valence-corrected chi connectivity index (χ3v) is 2.32. The van der Waals surface area contributed by atoms with Gasteiger partial charge in [0.15, 0.2) is 0 Å². The van der Waals surface area contributed by atoms with Crippen molar-refractivity contribution in [2.75, 3.05) is 0 Å². The third kappa shape index (κ3) is 1.65. The zero-order chi connectivity index (χ0) is 9.54. The third-order valence-electron chi connectivity index (χ3n) is 2.32. The zero-order valence-corrected chi connectivity index (χ0v) is 10.3.